The second-order valence-corrected chi connectivity index (χ2v) is 16.4. The number of allylic oxidation sites excluding steroid dienone is 1. The second kappa shape index (κ2) is 12.3. The van der Waals surface area contributed by atoms with E-state index in [2.05, 4.69) is 21.8 Å². The lowest BCUT2D eigenvalue weighted by atomic mass is 9.68. The molecule has 7 nitrogen and oxygen atoms in total. The molecule has 0 unspecified atom stereocenters. The van der Waals surface area contributed by atoms with Crippen molar-refractivity contribution in [2.45, 2.75) is 82.5 Å². The van der Waals surface area contributed by atoms with E-state index in [9.17, 15) is 18.3 Å². The van der Waals surface area contributed by atoms with Crippen molar-refractivity contribution in [1.82, 2.24) is 4.72 Å². The Kier molecular flexibility index (Phi) is 8.81. The maximum absolute atomic E-state index is 13.7. The van der Waals surface area contributed by atoms with Gasteiger partial charge in [0.1, 0.15) is 5.75 Å². The van der Waals surface area contributed by atoms with Gasteiger partial charge in [-0.25, -0.2) is 13.1 Å². The standard InChI is InChI=1S/C35H45ClN2O5S/c1-22(2)16-33-23(3)6-4-8-31(39)28-12-9-26(28)19-38-20-35(15-5-7-24-17-27(36)11-13-29(24)35)21-43-32-14-10-25(18-30(32)38)34(40)37-44(33,41)42/h4,8,10-11,13-14,17-18,22-23,26,28,31,33,39H,5-7,9,12,15-16,19-21H2,1-3H3,(H,37,40)/b8-4-/t23-,26+,28-,31+,33+,35+/m1/s1. The number of hydrogen-bond donors (Lipinski definition) is 2. The molecule has 0 saturated heterocycles. The highest BCUT2D eigenvalue weighted by Gasteiger charge is 2.44. The Morgan fingerprint density at radius 1 is 1.18 bits per heavy atom. The van der Waals surface area contributed by atoms with Crippen molar-refractivity contribution >= 4 is 33.2 Å². The zero-order valence-electron chi connectivity index (χ0n) is 26.0. The first-order valence-electron chi connectivity index (χ1n) is 16.2. The summed E-state index contributed by atoms with van der Waals surface area (Å²) >= 11 is 6.40. The van der Waals surface area contributed by atoms with Gasteiger partial charge in [0.15, 0.2) is 0 Å². The molecule has 2 aliphatic carbocycles. The third-order valence-corrected chi connectivity index (χ3v) is 12.6. The summed E-state index contributed by atoms with van der Waals surface area (Å²) in [5, 5.41) is 11.2. The van der Waals surface area contributed by atoms with Crippen LogP contribution in [0.1, 0.15) is 80.8 Å². The van der Waals surface area contributed by atoms with Crippen molar-refractivity contribution in [1.29, 1.82) is 0 Å². The highest BCUT2D eigenvalue weighted by molar-refractivity contribution is 7.90. The number of nitrogens with one attached hydrogen (secondary N) is 1. The average Bonchev–Trinajstić information content (AvgIpc) is 3.10. The number of aliphatic hydroxyl groups excluding tert-OH is 1. The van der Waals surface area contributed by atoms with E-state index in [0.717, 1.165) is 42.8 Å². The lowest BCUT2D eigenvalue weighted by Crippen LogP contribution is -2.49. The number of benzene rings is 2. The van der Waals surface area contributed by atoms with E-state index in [1.165, 1.54) is 11.1 Å². The van der Waals surface area contributed by atoms with Crippen LogP contribution in [0.5, 0.6) is 5.75 Å². The number of fused-ring (bicyclic) bond motifs is 4. The van der Waals surface area contributed by atoms with Crippen LogP contribution in [0.25, 0.3) is 0 Å². The molecule has 6 rings (SSSR count). The molecule has 1 fully saturated rings. The molecule has 2 aromatic carbocycles. The lowest BCUT2D eigenvalue weighted by molar-refractivity contribution is 0.0455. The molecule has 2 heterocycles. The number of rotatable bonds is 2. The Morgan fingerprint density at radius 3 is 2.75 bits per heavy atom. The predicted molar refractivity (Wildman–Crippen MR) is 175 cm³/mol. The average molecular weight is 641 g/mol. The van der Waals surface area contributed by atoms with E-state index in [-0.39, 0.29) is 29.1 Å². The number of aryl methyl sites for hydroxylation is 1. The van der Waals surface area contributed by atoms with Gasteiger partial charge in [0.2, 0.25) is 10.0 Å². The van der Waals surface area contributed by atoms with Crippen LogP contribution in [0.4, 0.5) is 5.69 Å². The fraction of sp³-hybridized carbons (Fsp3) is 0.571. The van der Waals surface area contributed by atoms with Crippen LogP contribution in [-0.4, -0.2) is 50.5 Å². The highest BCUT2D eigenvalue weighted by Crippen LogP contribution is 2.46. The first-order valence-corrected chi connectivity index (χ1v) is 18.1. The fourth-order valence-corrected chi connectivity index (χ4v) is 10.0. The Bertz CT molecular complexity index is 1540. The minimum Gasteiger partial charge on any atom is -0.490 e. The van der Waals surface area contributed by atoms with Crippen molar-refractivity contribution in [3.05, 3.63) is 70.3 Å². The Labute approximate surface area is 267 Å². The van der Waals surface area contributed by atoms with Crippen molar-refractivity contribution in [2.24, 2.45) is 23.7 Å². The van der Waals surface area contributed by atoms with Gasteiger partial charge in [-0.3, -0.25) is 4.79 Å². The monoisotopic (exact) mass is 640 g/mol. The minimum absolute atomic E-state index is 0.122. The van der Waals surface area contributed by atoms with E-state index in [1.807, 2.05) is 45.1 Å². The fourth-order valence-electron chi connectivity index (χ4n) is 7.93. The molecule has 1 spiro atoms. The Balaban J connectivity index is 1.42. The number of ether oxygens (including phenoxy) is 1. The topological polar surface area (TPSA) is 95.9 Å². The van der Waals surface area contributed by atoms with Gasteiger partial charge in [-0.1, -0.05) is 50.6 Å². The van der Waals surface area contributed by atoms with Gasteiger partial charge in [-0.15, -0.1) is 0 Å². The van der Waals surface area contributed by atoms with Gasteiger partial charge in [0.25, 0.3) is 5.91 Å². The number of aliphatic hydroxyl groups is 1. The molecular formula is C35H45ClN2O5S. The van der Waals surface area contributed by atoms with Crippen molar-refractivity contribution < 1.29 is 23.1 Å². The molecule has 2 aliphatic heterocycles. The summed E-state index contributed by atoms with van der Waals surface area (Å²) in [5.74, 6) is 0.379. The normalized spacial score (nSPS) is 32.5. The lowest BCUT2D eigenvalue weighted by Gasteiger charge is -2.45. The van der Waals surface area contributed by atoms with Gasteiger partial charge in [0.05, 0.1) is 23.6 Å². The van der Waals surface area contributed by atoms with Crippen LogP contribution < -0.4 is 14.4 Å². The molecular weight excluding hydrogens is 596 g/mol. The van der Waals surface area contributed by atoms with Crippen LogP contribution >= 0.6 is 11.6 Å². The quantitative estimate of drug-likeness (QED) is 0.376. The van der Waals surface area contributed by atoms with Crippen molar-refractivity contribution in [3.63, 3.8) is 0 Å². The van der Waals surface area contributed by atoms with Gasteiger partial charge in [0, 0.05) is 29.1 Å². The zero-order valence-corrected chi connectivity index (χ0v) is 27.5. The molecule has 0 aromatic heterocycles. The largest absolute Gasteiger partial charge is 0.490 e. The summed E-state index contributed by atoms with van der Waals surface area (Å²) in [4.78, 5) is 15.9. The van der Waals surface area contributed by atoms with Crippen LogP contribution in [0.15, 0.2) is 48.6 Å². The molecule has 4 aliphatic rings. The van der Waals surface area contributed by atoms with Crippen LogP contribution in [-0.2, 0) is 21.9 Å². The molecule has 0 radical (unpaired) electrons. The van der Waals surface area contributed by atoms with Crippen LogP contribution in [0.3, 0.4) is 0 Å². The van der Waals surface area contributed by atoms with Gasteiger partial charge in [-0.05, 0) is 110 Å². The number of carbonyl (C=O) groups is 1. The van der Waals surface area contributed by atoms with Crippen LogP contribution in [0.2, 0.25) is 5.02 Å². The van der Waals surface area contributed by atoms with Crippen molar-refractivity contribution in [3.8, 4) is 5.75 Å². The maximum Gasteiger partial charge on any atom is 0.264 e. The third kappa shape index (κ3) is 6.14. The highest BCUT2D eigenvalue weighted by atomic mass is 35.5. The van der Waals surface area contributed by atoms with E-state index in [0.29, 0.717) is 43.9 Å². The predicted octanol–water partition coefficient (Wildman–Crippen LogP) is 6.27. The third-order valence-electron chi connectivity index (χ3n) is 10.5. The SMILES string of the molecule is CC(C)C[C@H]1[C@H](C)C/C=C\[C@H](O)[C@@H]2CC[C@H]2CN2C[C@@]3(CCCc4cc(Cl)ccc43)COc3ccc(cc32)C(=O)NS1(=O)=O. The smallest absolute Gasteiger partial charge is 0.264 e. The molecule has 1 amide bonds. The molecule has 2 bridgehead atoms. The number of carbonyl (C=O) groups excluding carboxylic acids is 1. The molecule has 2 N–H and O–H groups in total. The summed E-state index contributed by atoms with van der Waals surface area (Å²) in [6, 6.07) is 11.4. The number of nitrogens with zero attached hydrogens (tertiary/aromatic N) is 1. The summed E-state index contributed by atoms with van der Waals surface area (Å²) in [6.07, 6.45) is 9.08. The van der Waals surface area contributed by atoms with E-state index in [1.54, 1.807) is 12.1 Å². The molecule has 2 aromatic rings. The molecule has 9 heteroatoms. The van der Waals surface area contributed by atoms with Crippen LogP contribution in [0, 0.1) is 23.7 Å². The summed E-state index contributed by atoms with van der Waals surface area (Å²) in [5.41, 5.74) is 3.34. The minimum atomic E-state index is -3.97. The van der Waals surface area contributed by atoms with Gasteiger partial charge >= 0.3 is 0 Å². The summed E-state index contributed by atoms with van der Waals surface area (Å²) in [7, 11) is -3.97. The van der Waals surface area contributed by atoms with E-state index >= 15 is 0 Å². The van der Waals surface area contributed by atoms with Crippen molar-refractivity contribution in [2.75, 3.05) is 24.6 Å². The maximum atomic E-state index is 13.7. The van der Waals surface area contributed by atoms with E-state index in [4.69, 9.17) is 16.3 Å². The second-order valence-electron chi connectivity index (χ2n) is 14.1. The molecule has 1 saturated carbocycles. The number of halogens is 1. The summed E-state index contributed by atoms with van der Waals surface area (Å²) in [6.45, 7) is 7.81. The molecule has 238 valence electrons. The number of amides is 1. The number of hydrogen-bond acceptors (Lipinski definition) is 6. The number of anilines is 1. The zero-order chi connectivity index (χ0) is 31.2. The molecule has 6 atom stereocenters. The first kappa shape index (κ1) is 31.4. The van der Waals surface area contributed by atoms with Gasteiger partial charge in [-0.2, -0.15) is 0 Å². The first-order chi connectivity index (χ1) is 21.0. The molecule has 44 heavy (non-hydrogen) atoms. The summed E-state index contributed by atoms with van der Waals surface area (Å²) < 4.78 is 36.3. The van der Waals surface area contributed by atoms with Gasteiger partial charge < -0.3 is 14.7 Å². The number of sulfonamides is 1. The van der Waals surface area contributed by atoms with E-state index < -0.39 is 27.3 Å². The Hall–Kier alpha value is -2.55. The Morgan fingerprint density at radius 2 is 2.00 bits per heavy atom.